The molecular weight excluding hydrogens is 266 g/mol. The van der Waals surface area contributed by atoms with Gasteiger partial charge < -0.3 is 4.42 Å². The standard InChI is InChI=1S/C13H21NO4S/c1-4-5-7-10(2)13-14-12(11(3)18-13)8-6-9-19(15,16)17/h7H,4-6,8-9H2,1-3H3,(H,15,16,17)/b10-7+. The van der Waals surface area contributed by atoms with Crippen molar-refractivity contribution in [2.75, 3.05) is 5.75 Å². The number of rotatable bonds is 7. The number of unbranched alkanes of at least 4 members (excludes halogenated alkanes) is 1. The molecule has 1 rings (SSSR count). The summed E-state index contributed by atoms with van der Waals surface area (Å²) in [7, 11) is -3.90. The van der Waals surface area contributed by atoms with E-state index in [4.69, 9.17) is 8.97 Å². The van der Waals surface area contributed by atoms with E-state index in [2.05, 4.69) is 18.0 Å². The first kappa shape index (κ1) is 15.9. The Morgan fingerprint density at radius 2 is 2.16 bits per heavy atom. The van der Waals surface area contributed by atoms with Crippen LogP contribution in [0.25, 0.3) is 5.57 Å². The van der Waals surface area contributed by atoms with Gasteiger partial charge in [0.05, 0.1) is 11.4 Å². The van der Waals surface area contributed by atoms with Gasteiger partial charge in [0.25, 0.3) is 10.1 Å². The van der Waals surface area contributed by atoms with Crippen molar-refractivity contribution in [1.82, 2.24) is 4.98 Å². The molecule has 0 aliphatic carbocycles. The zero-order valence-electron chi connectivity index (χ0n) is 11.6. The van der Waals surface area contributed by atoms with Gasteiger partial charge in [0.2, 0.25) is 5.89 Å². The van der Waals surface area contributed by atoms with Gasteiger partial charge in [-0.1, -0.05) is 19.4 Å². The Morgan fingerprint density at radius 1 is 1.47 bits per heavy atom. The molecule has 0 amide bonds. The summed E-state index contributed by atoms with van der Waals surface area (Å²) < 4.78 is 35.5. The molecule has 0 aromatic carbocycles. The van der Waals surface area contributed by atoms with Crippen LogP contribution >= 0.6 is 0 Å². The molecule has 0 saturated heterocycles. The van der Waals surface area contributed by atoms with Crippen molar-refractivity contribution in [1.29, 1.82) is 0 Å². The molecule has 108 valence electrons. The van der Waals surface area contributed by atoms with Gasteiger partial charge in [0.1, 0.15) is 5.76 Å². The second-order valence-electron chi connectivity index (χ2n) is 4.59. The van der Waals surface area contributed by atoms with Crippen LogP contribution in [0.5, 0.6) is 0 Å². The third kappa shape index (κ3) is 5.57. The second kappa shape index (κ2) is 6.86. The molecule has 1 N–H and O–H groups in total. The Morgan fingerprint density at radius 3 is 2.74 bits per heavy atom. The van der Waals surface area contributed by atoms with Crippen LogP contribution in [0.15, 0.2) is 10.5 Å². The molecule has 0 fully saturated rings. The first-order chi connectivity index (χ1) is 8.83. The number of hydrogen-bond acceptors (Lipinski definition) is 4. The summed E-state index contributed by atoms with van der Waals surface area (Å²) in [6.45, 7) is 5.86. The van der Waals surface area contributed by atoms with Crippen LogP contribution < -0.4 is 0 Å². The fourth-order valence-corrected chi connectivity index (χ4v) is 2.21. The maximum Gasteiger partial charge on any atom is 0.264 e. The summed E-state index contributed by atoms with van der Waals surface area (Å²) in [4.78, 5) is 4.37. The molecule has 6 heteroatoms. The molecule has 1 aromatic rings. The molecule has 1 aromatic heterocycles. The highest BCUT2D eigenvalue weighted by Gasteiger charge is 2.12. The lowest BCUT2D eigenvalue weighted by molar-refractivity contribution is 0.480. The molecule has 0 aliphatic rings. The van der Waals surface area contributed by atoms with E-state index < -0.39 is 10.1 Å². The zero-order chi connectivity index (χ0) is 14.5. The summed E-state index contributed by atoms with van der Waals surface area (Å²) in [5.41, 5.74) is 1.74. The van der Waals surface area contributed by atoms with Gasteiger partial charge in [-0.15, -0.1) is 0 Å². The molecule has 5 nitrogen and oxygen atoms in total. The first-order valence-corrected chi connectivity index (χ1v) is 8.03. The van der Waals surface area contributed by atoms with E-state index >= 15 is 0 Å². The summed E-state index contributed by atoms with van der Waals surface area (Å²) in [5, 5.41) is 0. The highest BCUT2D eigenvalue weighted by molar-refractivity contribution is 7.85. The molecule has 0 unspecified atom stereocenters. The van der Waals surface area contributed by atoms with E-state index in [1.807, 2.05) is 13.8 Å². The summed E-state index contributed by atoms with van der Waals surface area (Å²) in [6, 6.07) is 0. The number of oxazole rings is 1. The smallest absolute Gasteiger partial charge is 0.264 e. The quantitative estimate of drug-likeness (QED) is 0.780. The highest BCUT2D eigenvalue weighted by atomic mass is 32.2. The number of allylic oxidation sites excluding steroid dienone is 2. The first-order valence-electron chi connectivity index (χ1n) is 6.42. The number of aryl methyl sites for hydroxylation is 2. The van der Waals surface area contributed by atoms with Crippen LogP contribution in [-0.4, -0.2) is 23.7 Å². The molecular formula is C13H21NO4S. The second-order valence-corrected chi connectivity index (χ2v) is 6.16. The molecule has 0 aliphatic heterocycles. The predicted octanol–water partition coefficient (Wildman–Crippen LogP) is 3.01. The predicted molar refractivity (Wildman–Crippen MR) is 74.5 cm³/mol. The van der Waals surface area contributed by atoms with Crippen LogP contribution in [-0.2, 0) is 16.5 Å². The Bertz CT molecular complexity index is 543. The van der Waals surface area contributed by atoms with Gasteiger partial charge in [0, 0.05) is 5.57 Å². The maximum absolute atomic E-state index is 10.6. The lowest BCUT2D eigenvalue weighted by Gasteiger charge is -1.96. The van der Waals surface area contributed by atoms with Gasteiger partial charge in [-0.2, -0.15) is 8.42 Å². The van der Waals surface area contributed by atoms with Gasteiger partial charge >= 0.3 is 0 Å². The Kier molecular flexibility index (Phi) is 5.75. The SMILES string of the molecule is CCC/C=C(\C)c1nc(CCCS(=O)(=O)O)c(C)o1. The summed E-state index contributed by atoms with van der Waals surface area (Å²) >= 11 is 0. The minimum Gasteiger partial charge on any atom is -0.442 e. The summed E-state index contributed by atoms with van der Waals surface area (Å²) in [5.74, 6) is 1.04. The molecule has 0 saturated carbocycles. The van der Waals surface area contributed by atoms with E-state index in [0.29, 0.717) is 24.5 Å². The van der Waals surface area contributed by atoms with Crippen molar-refractivity contribution in [3.8, 4) is 0 Å². The van der Waals surface area contributed by atoms with Crippen LogP contribution in [0, 0.1) is 6.92 Å². The molecule has 0 bridgehead atoms. The Balaban J connectivity index is 2.69. The molecule has 1 heterocycles. The average molecular weight is 287 g/mol. The molecule has 19 heavy (non-hydrogen) atoms. The zero-order valence-corrected chi connectivity index (χ0v) is 12.5. The fourth-order valence-electron chi connectivity index (χ4n) is 1.70. The Labute approximate surface area is 114 Å². The van der Waals surface area contributed by atoms with Crippen molar-refractivity contribution in [3.05, 3.63) is 23.4 Å². The van der Waals surface area contributed by atoms with Crippen molar-refractivity contribution in [2.45, 2.75) is 46.5 Å². The Hall–Kier alpha value is -1.14. The van der Waals surface area contributed by atoms with E-state index in [1.54, 1.807) is 0 Å². The molecule has 0 radical (unpaired) electrons. The molecule has 0 atom stereocenters. The fraction of sp³-hybridized carbons (Fsp3) is 0.615. The largest absolute Gasteiger partial charge is 0.442 e. The monoisotopic (exact) mass is 287 g/mol. The van der Waals surface area contributed by atoms with Crippen LogP contribution in [0.3, 0.4) is 0 Å². The highest BCUT2D eigenvalue weighted by Crippen LogP contribution is 2.19. The third-order valence-corrected chi connectivity index (χ3v) is 3.59. The average Bonchev–Trinajstić information content (AvgIpc) is 2.66. The van der Waals surface area contributed by atoms with Crippen molar-refractivity contribution >= 4 is 15.7 Å². The number of hydrogen-bond donors (Lipinski definition) is 1. The van der Waals surface area contributed by atoms with Crippen molar-refractivity contribution in [2.24, 2.45) is 0 Å². The topological polar surface area (TPSA) is 80.4 Å². The van der Waals surface area contributed by atoms with E-state index in [1.165, 1.54) is 0 Å². The third-order valence-electron chi connectivity index (χ3n) is 2.79. The van der Waals surface area contributed by atoms with Gasteiger partial charge in [-0.05, 0) is 33.1 Å². The van der Waals surface area contributed by atoms with Crippen LogP contribution in [0.2, 0.25) is 0 Å². The van der Waals surface area contributed by atoms with Crippen LogP contribution in [0.4, 0.5) is 0 Å². The van der Waals surface area contributed by atoms with Crippen molar-refractivity contribution in [3.63, 3.8) is 0 Å². The van der Waals surface area contributed by atoms with E-state index in [9.17, 15) is 8.42 Å². The number of nitrogens with zero attached hydrogens (tertiary/aromatic N) is 1. The van der Waals surface area contributed by atoms with Gasteiger partial charge in [0.15, 0.2) is 0 Å². The molecule has 0 spiro atoms. The van der Waals surface area contributed by atoms with Crippen molar-refractivity contribution < 1.29 is 17.4 Å². The maximum atomic E-state index is 10.6. The summed E-state index contributed by atoms with van der Waals surface area (Å²) in [6.07, 6.45) is 4.94. The lowest BCUT2D eigenvalue weighted by Crippen LogP contribution is -2.05. The van der Waals surface area contributed by atoms with E-state index in [0.717, 1.165) is 24.1 Å². The van der Waals surface area contributed by atoms with Gasteiger partial charge in [-0.3, -0.25) is 4.55 Å². The number of aromatic nitrogens is 1. The lowest BCUT2D eigenvalue weighted by atomic mass is 10.2. The van der Waals surface area contributed by atoms with E-state index in [-0.39, 0.29) is 5.75 Å². The van der Waals surface area contributed by atoms with Gasteiger partial charge in [-0.25, -0.2) is 4.98 Å². The normalized spacial score (nSPS) is 12.9. The minimum atomic E-state index is -3.90. The van der Waals surface area contributed by atoms with Crippen LogP contribution in [0.1, 0.15) is 50.5 Å². The minimum absolute atomic E-state index is 0.251.